The smallest absolute Gasteiger partial charge is 0.261 e. The summed E-state index contributed by atoms with van der Waals surface area (Å²) in [4.78, 5) is 38.6. The summed E-state index contributed by atoms with van der Waals surface area (Å²) in [5.74, 6) is -1.01. The van der Waals surface area contributed by atoms with E-state index in [0.717, 1.165) is 5.56 Å². The molecule has 0 aliphatic carbocycles. The maximum absolute atomic E-state index is 12.5. The van der Waals surface area contributed by atoms with Crippen LogP contribution in [0.1, 0.15) is 36.6 Å². The summed E-state index contributed by atoms with van der Waals surface area (Å²) in [5, 5.41) is 3.19. The van der Waals surface area contributed by atoms with Gasteiger partial charge in [0.15, 0.2) is 0 Å². The molecule has 6 nitrogen and oxygen atoms in total. The molecule has 1 heterocycles. The topological polar surface area (TPSA) is 92.5 Å². The van der Waals surface area contributed by atoms with E-state index in [1.54, 1.807) is 48.5 Å². The summed E-state index contributed by atoms with van der Waals surface area (Å²) in [6, 6.07) is 16.4. The van der Waals surface area contributed by atoms with E-state index in [1.807, 2.05) is 0 Å². The molecule has 0 saturated heterocycles. The fourth-order valence-corrected chi connectivity index (χ4v) is 3.67. The molecule has 0 bridgehead atoms. The van der Waals surface area contributed by atoms with E-state index in [4.69, 9.17) is 28.9 Å². The van der Waals surface area contributed by atoms with Crippen molar-refractivity contribution < 1.29 is 14.4 Å². The molecular formula is C22H15Cl2N3O3. The van der Waals surface area contributed by atoms with E-state index >= 15 is 0 Å². The maximum Gasteiger partial charge on any atom is 0.261 e. The predicted molar refractivity (Wildman–Crippen MR) is 116 cm³/mol. The second-order valence-corrected chi connectivity index (χ2v) is 7.56. The lowest BCUT2D eigenvalue weighted by molar-refractivity contribution is 0.0642. The highest BCUT2D eigenvalue weighted by molar-refractivity contribution is 6.39. The van der Waals surface area contributed by atoms with Gasteiger partial charge in [0, 0.05) is 11.3 Å². The second kappa shape index (κ2) is 7.82. The lowest BCUT2D eigenvalue weighted by Crippen LogP contribution is -2.29. The highest BCUT2D eigenvalue weighted by Gasteiger charge is 2.34. The Morgan fingerprint density at radius 2 is 1.43 bits per heavy atom. The first-order chi connectivity index (χ1) is 14.3. The number of imide groups is 1. The molecule has 0 aromatic heterocycles. The summed E-state index contributed by atoms with van der Waals surface area (Å²) in [5.41, 5.74) is 8.28. The van der Waals surface area contributed by atoms with Gasteiger partial charge in [-0.15, -0.1) is 0 Å². The third-order valence-electron chi connectivity index (χ3n) is 4.77. The number of nitrogen functional groups attached to an aromatic ring is 1. The van der Waals surface area contributed by atoms with E-state index in [0.29, 0.717) is 22.4 Å². The van der Waals surface area contributed by atoms with Crippen LogP contribution >= 0.6 is 23.2 Å². The molecular weight excluding hydrogens is 425 g/mol. The maximum atomic E-state index is 12.5. The van der Waals surface area contributed by atoms with E-state index in [1.165, 1.54) is 17.0 Å². The Hall–Kier alpha value is -3.35. The number of hydrogen-bond donors (Lipinski definition) is 2. The van der Waals surface area contributed by atoms with E-state index in [2.05, 4.69) is 5.32 Å². The van der Waals surface area contributed by atoms with Gasteiger partial charge in [-0.05, 0) is 42.0 Å². The molecule has 3 N–H and O–H groups in total. The molecule has 1 aliphatic heterocycles. The van der Waals surface area contributed by atoms with Crippen molar-refractivity contribution in [2.45, 2.75) is 6.54 Å². The Bertz CT molecular complexity index is 1130. The normalized spacial score (nSPS) is 12.8. The molecule has 0 radical (unpaired) electrons. The van der Waals surface area contributed by atoms with Gasteiger partial charge in [0.05, 0.1) is 33.4 Å². The van der Waals surface area contributed by atoms with Crippen molar-refractivity contribution in [3.8, 4) is 0 Å². The number of hydrogen-bond acceptors (Lipinski definition) is 4. The predicted octanol–water partition coefficient (Wildman–Crippen LogP) is 4.62. The third kappa shape index (κ3) is 3.63. The van der Waals surface area contributed by atoms with Crippen molar-refractivity contribution in [2.75, 3.05) is 11.1 Å². The first kappa shape index (κ1) is 19.9. The van der Waals surface area contributed by atoms with E-state index in [-0.39, 0.29) is 40.0 Å². The van der Waals surface area contributed by atoms with Gasteiger partial charge in [-0.25, -0.2) is 0 Å². The van der Waals surface area contributed by atoms with Crippen LogP contribution in [0.15, 0.2) is 60.7 Å². The summed E-state index contributed by atoms with van der Waals surface area (Å²) in [6.45, 7) is 0.122. The van der Waals surface area contributed by atoms with Crippen LogP contribution in [0.2, 0.25) is 10.0 Å². The minimum Gasteiger partial charge on any atom is -0.396 e. The molecule has 0 spiro atoms. The molecule has 3 amide bonds. The first-order valence-corrected chi connectivity index (χ1v) is 9.71. The Morgan fingerprint density at radius 3 is 1.97 bits per heavy atom. The van der Waals surface area contributed by atoms with Gasteiger partial charge in [0.2, 0.25) is 0 Å². The molecule has 4 rings (SSSR count). The van der Waals surface area contributed by atoms with Crippen molar-refractivity contribution in [1.82, 2.24) is 4.90 Å². The SMILES string of the molecule is Nc1c(Cl)cc(NC(=O)c2ccc(CN3C(=O)c4ccccc4C3=O)cc2)cc1Cl. The Morgan fingerprint density at radius 1 is 0.900 bits per heavy atom. The van der Waals surface area contributed by atoms with Crippen LogP contribution < -0.4 is 11.1 Å². The van der Waals surface area contributed by atoms with Crippen molar-refractivity contribution in [1.29, 1.82) is 0 Å². The quantitative estimate of drug-likeness (QED) is 0.457. The van der Waals surface area contributed by atoms with Gasteiger partial charge in [-0.1, -0.05) is 47.5 Å². The molecule has 3 aromatic carbocycles. The molecule has 0 unspecified atom stereocenters. The molecule has 1 aliphatic rings. The fourth-order valence-electron chi connectivity index (χ4n) is 3.19. The number of anilines is 2. The molecule has 30 heavy (non-hydrogen) atoms. The van der Waals surface area contributed by atoms with E-state index in [9.17, 15) is 14.4 Å². The largest absolute Gasteiger partial charge is 0.396 e. The van der Waals surface area contributed by atoms with Crippen LogP contribution in [0.4, 0.5) is 11.4 Å². The zero-order chi connectivity index (χ0) is 21.4. The molecule has 150 valence electrons. The lowest BCUT2D eigenvalue weighted by Gasteiger charge is -2.14. The van der Waals surface area contributed by atoms with Crippen molar-refractivity contribution in [3.05, 3.63) is 93.0 Å². The van der Waals surface area contributed by atoms with Gasteiger partial charge in [-0.3, -0.25) is 19.3 Å². The highest BCUT2D eigenvalue weighted by Crippen LogP contribution is 2.31. The van der Waals surface area contributed by atoms with Crippen LogP contribution in [0.3, 0.4) is 0 Å². The molecule has 0 fully saturated rings. The summed E-state index contributed by atoms with van der Waals surface area (Å²) in [6.07, 6.45) is 0. The fraction of sp³-hybridized carbons (Fsp3) is 0.0455. The van der Waals surface area contributed by atoms with Crippen LogP contribution in [0.5, 0.6) is 0 Å². The average Bonchev–Trinajstić information content (AvgIpc) is 2.97. The van der Waals surface area contributed by atoms with Crippen LogP contribution in [-0.4, -0.2) is 22.6 Å². The van der Waals surface area contributed by atoms with Gasteiger partial charge in [0.25, 0.3) is 17.7 Å². The monoisotopic (exact) mass is 439 g/mol. The van der Waals surface area contributed by atoms with Crippen molar-refractivity contribution in [2.24, 2.45) is 0 Å². The number of nitrogens with one attached hydrogen (secondary N) is 1. The van der Waals surface area contributed by atoms with Crippen LogP contribution in [0, 0.1) is 0 Å². The van der Waals surface area contributed by atoms with Crippen molar-refractivity contribution >= 4 is 52.3 Å². The number of benzene rings is 3. The first-order valence-electron chi connectivity index (χ1n) is 8.95. The van der Waals surface area contributed by atoms with Crippen LogP contribution in [-0.2, 0) is 6.54 Å². The number of nitrogens with two attached hydrogens (primary N) is 1. The summed E-state index contributed by atoms with van der Waals surface area (Å²) in [7, 11) is 0. The molecule has 0 atom stereocenters. The number of fused-ring (bicyclic) bond motifs is 1. The minimum absolute atomic E-state index is 0.122. The number of amides is 3. The Kier molecular flexibility index (Phi) is 5.20. The van der Waals surface area contributed by atoms with Gasteiger partial charge < -0.3 is 11.1 Å². The molecule has 0 saturated carbocycles. The van der Waals surface area contributed by atoms with Gasteiger partial charge in [-0.2, -0.15) is 0 Å². The van der Waals surface area contributed by atoms with Crippen molar-refractivity contribution in [3.63, 3.8) is 0 Å². The summed E-state index contributed by atoms with van der Waals surface area (Å²) >= 11 is 12.0. The number of nitrogens with zero attached hydrogens (tertiary/aromatic N) is 1. The molecule has 8 heteroatoms. The minimum atomic E-state index is -0.362. The Labute approximate surface area is 182 Å². The number of rotatable bonds is 4. The lowest BCUT2D eigenvalue weighted by atomic mass is 10.1. The highest BCUT2D eigenvalue weighted by atomic mass is 35.5. The Balaban J connectivity index is 1.47. The second-order valence-electron chi connectivity index (χ2n) is 6.75. The van der Waals surface area contributed by atoms with Gasteiger partial charge >= 0.3 is 0 Å². The number of carbonyl (C=O) groups is 3. The number of halogens is 2. The third-order valence-corrected chi connectivity index (χ3v) is 5.40. The average molecular weight is 440 g/mol. The van der Waals surface area contributed by atoms with Gasteiger partial charge in [0.1, 0.15) is 0 Å². The molecule has 3 aromatic rings. The zero-order valence-corrected chi connectivity index (χ0v) is 17.0. The number of carbonyl (C=O) groups excluding carboxylic acids is 3. The van der Waals surface area contributed by atoms with E-state index < -0.39 is 0 Å². The summed E-state index contributed by atoms with van der Waals surface area (Å²) < 4.78 is 0. The zero-order valence-electron chi connectivity index (χ0n) is 15.5. The standard InChI is InChI=1S/C22H15Cl2N3O3/c23-17-9-14(10-18(24)19(17)25)26-20(28)13-7-5-12(6-8-13)11-27-21(29)15-3-1-2-4-16(15)22(27)30/h1-10H,11,25H2,(H,26,28). The van der Waals surface area contributed by atoms with Crippen LogP contribution in [0.25, 0.3) is 0 Å².